The molecule has 0 amide bonds. The van der Waals surface area contributed by atoms with Crippen molar-refractivity contribution < 1.29 is 4.42 Å². The van der Waals surface area contributed by atoms with E-state index in [4.69, 9.17) is 39.2 Å². The van der Waals surface area contributed by atoms with Crippen molar-refractivity contribution in [3.8, 4) is 28.7 Å². The van der Waals surface area contributed by atoms with E-state index in [-0.39, 0.29) is 0 Å². The SMILES string of the molecule is N#CC(=Cc1ccc(-c2c(Cl)cccc2Cl)o1)c1nc(-c2ccc(Cl)cc2)cs1. The Morgan fingerprint density at radius 2 is 1.72 bits per heavy atom. The Labute approximate surface area is 186 Å². The van der Waals surface area contributed by atoms with Gasteiger partial charge in [-0.05, 0) is 36.4 Å². The largest absolute Gasteiger partial charge is 0.457 e. The predicted octanol–water partition coefficient (Wildman–Crippen LogP) is 8.09. The van der Waals surface area contributed by atoms with Crippen LogP contribution < -0.4 is 0 Å². The van der Waals surface area contributed by atoms with Crippen LogP contribution in [0.2, 0.25) is 15.1 Å². The van der Waals surface area contributed by atoms with Gasteiger partial charge in [-0.25, -0.2) is 4.98 Å². The van der Waals surface area contributed by atoms with Crippen molar-refractivity contribution in [1.29, 1.82) is 5.26 Å². The minimum absolute atomic E-state index is 0.404. The zero-order chi connectivity index (χ0) is 20.4. The van der Waals surface area contributed by atoms with Crippen molar-refractivity contribution in [2.75, 3.05) is 0 Å². The molecule has 7 heteroatoms. The summed E-state index contributed by atoms with van der Waals surface area (Å²) < 4.78 is 5.86. The molecule has 0 aliphatic carbocycles. The molecule has 0 bridgehead atoms. The Balaban J connectivity index is 1.65. The van der Waals surface area contributed by atoms with Gasteiger partial charge in [-0.1, -0.05) is 53.0 Å². The number of thiazole rings is 1. The third-order valence-corrected chi connectivity index (χ3v) is 5.88. The molecule has 0 spiro atoms. The normalized spacial score (nSPS) is 11.4. The first-order chi connectivity index (χ1) is 14.0. The number of furan rings is 1. The fourth-order valence-electron chi connectivity index (χ4n) is 2.73. The molecule has 0 aliphatic rings. The minimum Gasteiger partial charge on any atom is -0.457 e. The van der Waals surface area contributed by atoms with Gasteiger partial charge in [0.05, 0.1) is 26.9 Å². The van der Waals surface area contributed by atoms with E-state index < -0.39 is 0 Å². The lowest BCUT2D eigenvalue weighted by Crippen LogP contribution is -1.82. The molecular weight excluding hydrogens is 447 g/mol. The molecule has 0 aliphatic heterocycles. The topological polar surface area (TPSA) is 49.8 Å². The average molecular weight is 458 g/mol. The van der Waals surface area contributed by atoms with Crippen LogP contribution in [0.1, 0.15) is 10.8 Å². The van der Waals surface area contributed by atoms with Crippen molar-refractivity contribution in [1.82, 2.24) is 4.98 Å². The van der Waals surface area contributed by atoms with Crippen LogP contribution in [-0.2, 0) is 0 Å². The number of hydrogen-bond donors (Lipinski definition) is 0. The van der Waals surface area contributed by atoms with E-state index in [1.54, 1.807) is 48.5 Å². The smallest absolute Gasteiger partial charge is 0.137 e. The fraction of sp³-hybridized carbons (Fsp3) is 0. The highest BCUT2D eigenvalue weighted by molar-refractivity contribution is 7.11. The van der Waals surface area contributed by atoms with E-state index in [1.807, 2.05) is 17.5 Å². The molecule has 2 heterocycles. The zero-order valence-electron chi connectivity index (χ0n) is 14.7. The van der Waals surface area contributed by atoms with E-state index in [9.17, 15) is 5.26 Å². The van der Waals surface area contributed by atoms with E-state index in [0.29, 0.717) is 42.7 Å². The molecule has 2 aromatic heterocycles. The third-order valence-electron chi connectivity index (χ3n) is 4.12. The maximum atomic E-state index is 9.62. The van der Waals surface area contributed by atoms with Crippen LogP contribution in [0.15, 0.2) is 64.4 Å². The fourth-order valence-corrected chi connectivity index (χ4v) is 4.24. The van der Waals surface area contributed by atoms with Crippen molar-refractivity contribution >= 4 is 57.8 Å². The molecule has 0 saturated carbocycles. The predicted molar refractivity (Wildman–Crippen MR) is 120 cm³/mol. The standard InChI is InChI=1S/C22H11Cl3N2OS/c23-15-6-4-13(5-7-15)19-12-29-22(27-19)14(11-26)10-16-8-9-20(28-16)21-17(24)2-1-3-18(21)25/h1-10,12H. The van der Waals surface area contributed by atoms with Gasteiger partial charge in [0, 0.05) is 22.0 Å². The summed E-state index contributed by atoms with van der Waals surface area (Å²) in [5.41, 5.74) is 2.74. The van der Waals surface area contributed by atoms with Crippen LogP contribution in [0.4, 0.5) is 0 Å². The molecule has 142 valence electrons. The molecule has 0 N–H and O–H groups in total. The van der Waals surface area contributed by atoms with Crippen LogP contribution in [0.25, 0.3) is 34.2 Å². The second-order valence-electron chi connectivity index (χ2n) is 6.01. The van der Waals surface area contributed by atoms with Gasteiger partial charge in [0.15, 0.2) is 0 Å². The Morgan fingerprint density at radius 3 is 2.41 bits per heavy atom. The van der Waals surface area contributed by atoms with Crippen LogP contribution in [0, 0.1) is 11.3 Å². The molecule has 29 heavy (non-hydrogen) atoms. The van der Waals surface area contributed by atoms with Crippen LogP contribution >= 0.6 is 46.1 Å². The second kappa shape index (κ2) is 8.44. The molecule has 4 rings (SSSR count). The molecule has 0 saturated heterocycles. The number of rotatable bonds is 4. The Bertz CT molecular complexity index is 1230. The van der Waals surface area contributed by atoms with E-state index in [0.717, 1.165) is 11.3 Å². The summed E-state index contributed by atoms with van der Waals surface area (Å²) in [7, 11) is 0. The number of hydrogen-bond acceptors (Lipinski definition) is 4. The maximum Gasteiger partial charge on any atom is 0.137 e. The third kappa shape index (κ3) is 4.24. The molecule has 3 nitrogen and oxygen atoms in total. The lowest BCUT2D eigenvalue weighted by molar-refractivity contribution is 0.572. The Hall–Kier alpha value is -2.55. The summed E-state index contributed by atoms with van der Waals surface area (Å²) in [6.45, 7) is 0. The summed E-state index contributed by atoms with van der Waals surface area (Å²) in [6.07, 6.45) is 1.65. The summed E-state index contributed by atoms with van der Waals surface area (Å²) in [5.74, 6) is 1.04. The lowest BCUT2D eigenvalue weighted by Gasteiger charge is -2.02. The molecular formula is C22H11Cl3N2OS. The van der Waals surface area contributed by atoms with Gasteiger partial charge < -0.3 is 4.42 Å². The Kier molecular flexibility index (Phi) is 5.75. The van der Waals surface area contributed by atoms with Crippen molar-refractivity contribution in [3.05, 3.63) is 85.8 Å². The molecule has 4 aromatic rings. The number of aromatic nitrogens is 1. The van der Waals surface area contributed by atoms with Gasteiger partial charge in [-0.3, -0.25) is 0 Å². The number of nitrogens with zero attached hydrogens (tertiary/aromatic N) is 2. The average Bonchev–Trinajstić information content (AvgIpc) is 3.37. The summed E-state index contributed by atoms with van der Waals surface area (Å²) in [5, 5.41) is 13.8. The molecule has 0 fully saturated rings. The van der Waals surface area contributed by atoms with E-state index >= 15 is 0 Å². The van der Waals surface area contributed by atoms with Crippen LogP contribution in [0.3, 0.4) is 0 Å². The number of halogens is 3. The maximum absolute atomic E-state index is 9.62. The van der Waals surface area contributed by atoms with Gasteiger partial charge in [0.1, 0.15) is 22.6 Å². The van der Waals surface area contributed by atoms with Gasteiger partial charge >= 0.3 is 0 Å². The summed E-state index contributed by atoms with van der Waals surface area (Å²) in [6, 6.07) is 18.4. The number of nitriles is 1. The number of allylic oxidation sites excluding steroid dienone is 1. The highest BCUT2D eigenvalue weighted by Crippen LogP contribution is 2.36. The zero-order valence-corrected chi connectivity index (χ0v) is 17.8. The van der Waals surface area contributed by atoms with Gasteiger partial charge in [-0.2, -0.15) is 5.26 Å². The van der Waals surface area contributed by atoms with Crippen molar-refractivity contribution in [2.45, 2.75) is 0 Å². The summed E-state index contributed by atoms with van der Waals surface area (Å²) >= 11 is 19.8. The van der Waals surface area contributed by atoms with Gasteiger partial charge in [0.25, 0.3) is 0 Å². The van der Waals surface area contributed by atoms with E-state index in [1.165, 1.54) is 11.3 Å². The van der Waals surface area contributed by atoms with Gasteiger partial charge in [-0.15, -0.1) is 11.3 Å². The molecule has 2 aromatic carbocycles. The molecule has 0 radical (unpaired) electrons. The van der Waals surface area contributed by atoms with Crippen molar-refractivity contribution in [2.24, 2.45) is 0 Å². The monoisotopic (exact) mass is 456 g/mol. The van der Waals surface area contributed by atoms with Crippen molar-refractivity contribution in [3.63, 3.8) is 0 Å². The Morgan fingerprint density at radius 1 is 1.00 bits per heavy atom. The highest BCUT2D eigenvalue weighted by atomic mass is 35.5. The molecule has 0 atom stereocenters. The number of benzene rings is 2. The van der Waals surface area contributed by atoms with Crippen LogP contribution in [-0.4, -0.2) is 4.98 Å². The molecule has 0 unspecified atom stereocenters. The first-order valence-electron chi connectivity index (χ1n) is 8.43. The summed E-state index contributed by atoms with van der Waals surface area (Å²) in [4.78, 5) is 4.57. The quantitative estimate of drug-likeness (QED) is 0.291. The van der Waals surface area contributed by atoms with Crippen LogP contribution in [0.5, 0.6) is 0 Å². The first-order valence-corrected chi connectivity index (χ1v) is 10.4. The highest BCUT2D eigenvalue weighted by Gasteiger charge is 2.14. The second-order valence-corrected chi connectivity index (χ2v) is 8.12. The van der Waals surface area contributed by atoms with Gasteiger partial charge in [0.2, 0.25) is 0 Å². The van der Waals surface area contributed by atoms with E-state index in [2.05, 4.69) is 11.1 Å². The lowest BCUT2D eigenvalue weighted by atomic mass is 10.2. The first kappa shape index (κ1) is 19.8. The minimum atomic E-state index is 0.404.